The van der Waals surface area contributed by atoms with Gasteiger partial charge >= 0.3 is 0 Å². The number of aromatic nitrogens is 1. The van der Waals surface area contributed by atoms with Crippen LogP contribution in [0.4, 0.5) is 0 Å². The second-order valence-corrected chi connectivity index (χ2v) is 9.04. The third-order valence-electron chi connectivity index (χ3n) is 4.47. The summed E-state index contributed by atoms with van der Waals surface area (Å²) in [5, 5.41) is 8.72. The van der Waals surface area contributed by atoms with Gasteiger partial charge in [0.2, 0.25) is 10.0 Å². The second kappa shape index (κ2) is 8.02. The molecule has 6 nitrogen and oxygen atoms in total. The van der Waals surface area contributed by atoms with Crippen molar-refractivity contribution in [3.8, 4) is 16.9 Å². The summed E-state index contributed by atoms with van der Waals surface area (Å²) in [6.07, 6.45) is 0. The molecule has 0 aliphatic rings. The molecule has 0 atom stereocenters. The minimum Gasteiger partial charge on any atom is -0.350 e. The summed E-state index contributed by atoms with van der Waals surface area (Å²) in [4.78, 5) is 12.7. The van der Waals surface area contributed by atoms with Gasteiger partial charge in [0.05, 0.1) is 16.2 Å². The Hall–Kier alpha value is -2.61. The van der Waals surface area contributed by atoms with E-state index in [0.717, 1.165) is 17.0 Å². The SMILES string of the molecule is Cc1c(C(=O)NC(C)C)cc(-c2ccc(Cl)cc2)n1-c1ccc(S(N)(=O)=O)cc1. The zero-order chi connectivity index (χ0) is 21.3. The Bertz CT molecular complexity index is 1150. The van der Waals surface area contributed by atoms with Crippen LogP contribution in [-0.2, 0) is 10.0 Å². The lowest BCUT2D eigenvalue weighted by Crippen LogP contribution is -2.30. The molecular weight excluding hydrogens is 410 g/mol. The molecule has 0 spiro atoms. The molecule has 0 saturated carbocycles. The van der Waals surface area contributed by atoms with Crippen LogP contribution < -0.4 is 10.5 Å². The molecule has 0 unspecified atom stereocenters. The standard InChI is InChI=1S/C21H22ClN3O3S/c1-13(2)24-21(26)19-12-20(15-4-6-16(22)7-5-15)25(14(19)3)17-8-10-18(11-9-17)29(23,27)28/h4-13H,1-3H3,(H,24,26)(H2,23,27,28). The van der Waals surface area contributed by atoms with E-state index in [2.05, 4.69) is 5.32 Å². The molecule has 0 bridgehead atoms. The quantitative estimate of drug-likeness (QED) is 0.641. The topological polar surface area (TPSA) is 94.2 Å². The number of nitrogens with zero attached hydrogens (tertiary/aromatic N) is 1. The molecule has 3 rings (SSSR count). The van der Waals surface area contributed by atoms with Crippen molar-refractivity contribution in [1.29, 1.82) is 0 Å². The lowest BCUT2D eigenvalue weighted by Gasteiger charge is -2.13. The van der Waals surface area contributed by atoms with Crippen molar-refractivity contribution in [2.45, 2.75) is 31.7 Å². The van der Waals surface area contributed by atoms with Crippen molar-refractivity contribution in [1.82, 2.24) is 9.88 Å². The summed E-state index contributed by atoms with van der Waals surface area (Å²) >= 11 is 6.02. The van der Waals surface area contributed by atoms with Gasteiger partial charge in [-0.15, -0.1) is 0 Å². The van der Waals surface area contributed by atoms with Crippen LogP contribution in [0.1, 0.15) is 29.9 Å². The van der Waals surface area contributed by atoms with E-state index in [-0.39, 0.29) is 16.8 Å². The zero-order valence-electron chi connectivity index (χ0n) is 16.3. The van der Waals surface area contributed by atoms with Gasteiger partial charge in [-0.25, -0.2) is 13.6 Å². The van der Waals surface area contributed by atoms with Gasteiger partial charge in [-0.3, -0.25) is 4.79 Å². The first-order valence-corrected chi connectivity index (χ1v) is 10.9. The molecular formula is C21H22ClN3O3S. The molecule has 3 aromatic rings. The average Bonchev–Trinajstić information content (AvgIpc) is 2.98. The molecule has 0 aliphatic carbocycles. The number of rotatable bonds is 5. The Labute approximate surface area is 175 Å². The predicted octanol–water partition coefficient (Wildman–Crippen LogP) is 3.89. The Morgan fingerprint density at radius 3 is 2.17 bits per heavy atom. The molecule has 0 aliphatic heterocycles. The van der Waals surface area contributed by atoms with E-state index in [1.54, 1.807) is 24.3 Å². The Balaban J connectivity index is 2.19. The van der Waals surface area contributed by atoms with Gasteiger partial charge in [-0.2, -0.15) is 0 Å². The smallest absolute Gasteiger partial charge is 0.253 e. The molecule has 0 saturated heterocycles. The van der Waals surface area contributed by atoms with Crippen LogP contribution in [0.5, 0.6) is 0 Å². The zero-order valence-corrected chi connectivity index (χ0v) is 17.9. The minimum atomic E-state index is -3.79. The van der Waals surface area contributed by atoms with Crippen LogP contribution in [0.25, 0.3) is 16.9 Å². The van der Waals surface area contributed by atoms with E-state index >= 15 is 0 Å². The summed E-state index contributed by atoms with van der Waals surface area (Å²) in [5.74, 6) is -0.174. The Morgan fingerprint density at radius 1 is 1.07 bits per heavy atom. The fraction of sp³-hybridized carbons (Fsp3) is 0.190. The first kappa shape index (κ1) is 21.1. The van der Waals surface area contributed by atoms with Crippen LogP contribution in [0, 0.1) is 6.92 Å². The van der Waals surface area contributed by atoms with E-state index < -0.39 is 10.0 Å². The molecule has 2 aromatic carbocycles. The summed E-state index contributed by atoms with van der Waals surface area (Å²) in [7, 11) is -3.79. The maximum Gasteiger partial charge on any atom is 0.253 e. The van der Waals surface area contributed by atoms with Crippen molar-refractivity contribution >= 4 is 27.5 Å². The number of nitrogens with two attached hydrogens (primary N) is 1. The van der Waals surface area contributed by atoms with Gasteiger partial charge in [0, 0.05) is 22.4 Å². The molecule has 29 heavy (non-hydrogen) atoms. The summed E-state index contributed by atoms with van der Waals surface area (Å²) < 4.78 is 25.0. The first-order chi connectivity index (χ1) is 13.6. The van der Waals surface area contributed by atoms with Crippen molar-refractivity contribution in [2.75, 3.05) is 0 Å². The monoisotopic (exact) mass is 431 g/mol. The molecule has 0 radical (unpaired) electrons. The van der Waals surface area contributed by atoms with Gasteiger partial charge in [-0.1, -0.05) is 23.7 Å². The van der Waals surface area contributed by atoms with Crippen LogP contribution in [-0.4, -0.2) is 24.9 Å². The highest BCUT2D eigenvalue weighted by Crippen LogP contribution is 2.31. The molecule has 1 amide bonds. The fourth-order valence-corrected chi connectivity index (χ4v) is 3.77. The molecule has 1 aromatic heterocycles. The number of sulfonamides is 1. The highest BCUT2D eigenvalue weighted by molar-refractivity contribution is 7.89. The van der Waals surface area contributed by atoms with Crippen LogP contribution >= 0.6 is 11.6 Å². The van der Waals surface area contributed by atoms with E-state index in [1.807, 2.05) is 43.5 Å². The van der Waals surface area contributed by atoms with Gasteiger partial charge in [-0.05, 0) is 68.8 Å². The van der Waals surface area contributed by atoms with Crippen LogP contribution in [0.15, 0.2) is 59.5 Å². The maximum absolute atomic E-state index is 12.7. The Kier molecular flexibility index (Phi) is 5.84. The number of benzene rings is 2. The number of primary sulfonamides is 1. The van der Waals surface area contributed by atoms with E-state index in [0.29, 0.717) is 16.3 Å². The first-order valence-electron chi connectivity index (χ1n) is 9.00. The normalized spacial score (nSPS) is 11.7. The van der Waals surface area contributed by atoms with Crippen LogP contribution in [0.2, 0.25) is 5.02 Å². The van der Waals surface area contributed by atoms with Gasteiger partial charge in [0.1, 0.15) is 0 Å². The molecule has 3 N–H and O–H groups in total. The lowest BCUT2D eigenvalue weighted by molar-refractivity contribution is 0.0942. The molecule has 1 heterocycles. The predicted molar refractivity (Wildman–Crippen MR) is 115 cm³/mol. The molecule has 8 heteroatoms. The third-order valence-corrected chi connectivity index (χ3v) is 5.66. The number of amides is 1. The highest BCUT2D eigenvalue weighted by atomic mass is 35.5. The summed E-state index contributed by atoms with van der Waals surface area (Å²) in [6.45, 7) is 5.65. The van der Waals surface area contributed by atoms with Crippen molar-refractivity contribution in [3.05, 3.63) is 70.9 Å². The number of hydrogen-bond donors (Lipinski definition) is 2. The second-order valence-electron chi connectivity index (χ2n) is 7.04. The van der Waals surface area contributed by atoms with Crippen molar-refractivity contribution < 1.29 is 13.2 Å². The van der Waals surface area contributed by atoms with Gasteiger partial charge in [0.15, 0.2) is 0 Å². The van der Waals surface area contributed by atoms with Crippen molar-refractivity contribution in [3.63, 3.8) is 0 Å². The maximum atomic E-state index is 12.7. The largest absolute Gasteiger partial charge is 0.350 e. The molecule has 152 valence electrons. The van der Waals surface area contributed by atoms with Gasteiger partial charge in [0.25, 0.3) is 5.91 Å². The third kappa shape index (κ3) is 4.53. The number of carbonyl (C=O) groups excluding carboxylic acids is 1. The average molecular weight is 432 g/mol. The Morgan fingerprint density at radius 2 is 1.66 bits per heavy atom. The summed E-state index contributed by atoms with van der Waals surface area (Å²) in [6, 6.07) is 15.3. The number of halogens is 1. The van der Waals surface area contributed by atoms with E-state index in [4.69, 9.17) is 16.7 Å². The fourth-order valence-electron chi connectivity index (χ4n) is 3.13. The number of hydrogen-bond acceptors (Lipinski definition) is 3. The molecule has 0 fully saturated rings. The van der Waals surface area contributed by atoms with Crippen LogP contribution in [0.3, 0.4) is 0 Å². The number of nitrogens with one attached hydrogen (secondary N) is 1. The highest BCUT2D eigenvalue weighted by Gasteiger charge is 2.20. The summed E-state index contributed by atoms with van der Waals surface area (Å²) in [5.41, 5.74) is 3.65. The van der Waals surface area contributed by atoms with Gasteiger partial charge < -0.3 is 9.88 Å². The van der Waals surface area contributed by atoms with E-state index in [9.17, 15) is 13.2 Å². The van der Waals surface area contributed by atoms with E-state index in [1.165, 1.54) is 12.1 Å². The van der Waals surface area contributed by atoms with Crippen molar-refractivity contribution in [2.24, 2.45) is 5.14 Å². The lowest BCUT2D eigenvalue weighted by atomic mass is 10.1. The minimum absolute atomic E-state index is 0.00160. The number of carbonyl (C=O) groups is 1.